The summed E-state index contributed by atoms with van der Waals surface area (Å²) in [6.45, 7) is 0. The van der Waals surface area contributed by atoms with Crippen LogP contribution < -0.4 is 9.75 Å². The van der Waals surface area contributed by atoms with Gasteiger partial charge in [-0.3, -0.25) is 0 Å². The zero-order valence-electron chi connectivity index (χ0n) is 12.1. The summed E-state index contributed by atoms with van der Waals surface area (Å²) in [5.74, 6) is 1.42. The Morgan fingerprint density at radius 2 is 2.09 bits per heavy atom. The molecule has 0 saturated carbocycles. The Morgan fingerprint density at radius 3 is 2.82 bits per heavy atom. The fraction of sp³-hybridized carbons (Fsp3) is 0.143. The first-order valence-electron chi connectivity index (χ1n) is 6.52. The second kappa shape index (κ2) is 5.94. The lowest BCUT2D eigenvalue weighted by Crippen LogP contribution is -2.12. The fourth-order valence-electron chi connectivity index (χ4n) is 1.97. The Labute approximate surface area is 131 Å². The van der Waals surface area contributed by atoms with Crippen LogP contribution in [0.5, 0.6) is 5.75 Å². The molecule has 1 aromatic carbocycles. The summed E-state index contributed by atoms with van der Waals surface area (Å²) < 4.78 is 5.49. The van der Waals surface area contributed by atoms with E-state index in [9.17, 15) is 0 Å². The Balaban J connectivity index is 1.89. The summed E-state index contributed by atoms with van der Waals surface area (Å²) in [7, 11) is 3.44. The number of benzene rings is 1. The van der Waals surface area contributed by atoms with Crippen molar-refractivity contribution in [2.24, 2.45) is 5.10 Å². The van der Waals surface area contributed by atoms with E-state index < -0.39 is 0 Å². The minimum Gasteiger partial charge on any atom is -0.497 e. The minimum absolute atomic E-state index is 0.362. The molecule has 0 aliphatic rings. The van der Waals surface area contributed by atoms with Gasteiger partial charge in [-0.15, -0.1) is 0 Å². The first-order chi connectivity index (χ1) is 10.7. The van der Waals surface area contributed by atoms with Crippen molar-refractivity contribution in [3.8, 4) is 5.75 Å². The van der Waals surface area contributed by atoms with Crippen LogP contribution in [0.25, 0.3) is 11.2 Å². The zero-order chi connectivity index (χ0) is 15.5. The summed E-state index contributed by atoms with van der Waals surface area (Å²) in [6, 6.07) is 7.61. The van der Waals surface area contributed by atoms with Crippen LogP contribution in [0.1, 0.15) is 5.56 Å². The Morgan fingerprint density at radius 1 is 1.32 bits per heavy atom. The summed E-state index contributed by atoms with van der Waals surface area (Å²) in [6.07, 6.45) is 3.32. The van der Waals surface area contributed by atoms with Crippen molar-refractivity contribution in [1.82, 2.24) is 19.9 Å². The van der Waals surface area contributed by atoms with E-state index in [-0.39, 0.29) is 0 Å². The fourth-order valence-corrected chi connectivity index (χ4v) is 2.16. The molecule has 7 nitrogen and oxygen atoms in total. The van der Waals surface area contributed by atoms with Gasteiger partial charge in [0.1, 0.15) is 11.3 Å². The van der Waals surface area contributed by atoms with Crippen LogP contribution in [0, 0.1) is 4.77 Å². The number of hydrazone groups is 1. The van der Waals surface area contributed by atoms with Crippen LogP contribution in [0.2, 0.25) is 0 Å². The highest BCUT2D eigenvalue weighted by molar-refractivity contribution is 7.71. The van der Waals surface area contributed by atoms with Crippen molar-refractivity contribution in [3.63, 3.8) is 0 Å². The molecular weight excluding hydrogens is 300 g/mol. The van der Waals surface area contributed by atoms with Gasteiger partial charge in [-0.05, 0) is 42.0 Å². The molecular formula is C14H14N6OS. The smallest absolute Gasteiger partial charge is 0.200 e. The van der Waals surface area contributed by atoms with E-state index in [1.807, 2.05) is 24.3 Å². The van der Waals surface area contributed by atoms with Gasteiger partial charge in [-0.25, -0.2) is 9.99 Å². The largest absolute Gasteiger partial charge is 0.497 e. The maximum absolute atomic E-state index is 5.13. The van der Waals surface area contributed by atoms with Gasteiger partial charge in [0.25, 0.3) is 0 Å². The number of nitrogens with zero attached hydrogens (tertiary/aromatic N) is 4. The number of methoxy groups -OCH3 is 1. The topological polar surface area (TPSA) is 82.2 Å². The molecule has 2 heterocycles. The average molecular weight is 314 g/mol. The number of rotatable bonds is 4. The third-order valence-corrected chi connectivity index (χ3v) is 3.29. The van der Waals surface area contributed by atoms with E-state index in [1.54, 1.807) is 31.7 Å². The molecule has 0 aliphatic heterocycles. The van der Waals surface area contributed by atoms with Gasteiger partial charge >= 0.3 is 0 Å². The molecule has 2 aromatic heterocycles. The van der Waals surface area contributed by atoms with Gasteiger partial charge in [0.15, 0.2) is 11.5 Å². The van der Waals surface area contributed by atoms with E-state index >= 15 is 0 Å². The molecule has 0 spiro atoms. The summed E-state index contributed by atoms with van der Waals surface area (Å²) >= 11 is 5.10. The number of aromatic amines is 2. The highest BCUT2D eigenvalue weighted by Crippen LogP contribution is 2.19. The third-order valence-electron chi connectivity index (χ3n) is 3.10. The van der Waals surface area contributed by atoms with Crippen LogP contribution in [0.4, 0.5) is 5.82 Å². The molecule has 0 aliphatic carbocycles. The zero-order valence-corrected chi connectivity index (χ0v) is 12.9. The van der Waals surface area contributed by atoms with Crippen molar-refractivity contribution in [3.05, 3.63) is 40.9 Å². The van der Waals surface area contributed by atoms with Crippen LogP contribution in [0.15, 0.2) is 35.7 Å². The maximum Gasteiger partial charge on any atom is 0.200 e. The van der Waals surface area contributed by atoms with E-state index in [4.69, 9.17) is 17.0 Å². The van der Waals surface area contributed by atoms with E-state index in [2.05, 4.69) is 25.0 Å². The predicted octanol–water partition coefficient (Wildman–Crippen LogP) is 2.49. The Bertz CT molecular complexity index is 867. The molecule has 0 amide bonds. The Kier molecular flexibility index (Phi) is 3.84. The minimum atomic E-state index is 0.362. The number of ether oxygens (including phenoxy) is 1. The number of hydrogen-bond donors (Lipinski definition) is 2. The molecule has 0 bridgehead atoms. The van der Waals surface area contributed by atoms with Gasteiger partial charge in [0.05, 0.1) is 19.7 Å². The van der Waals surface area contributed by atoms with E-state index in [0.717, 1.165) is 16.8 Å². The normalized spacial score (nSPS) is 11.2. The first kappa shape index (κ1) is 14.2. The van der Waals surface area contributed by atoms with Crippen LogP contribution in [-0.2, 0) is 0 Å². The molecule has 3 aromatic rings. The number of hydrogen-bond acceptors (Lipinski definition) is 6. The lowest BCUT2D eigenvalue weighted by atomic mass is 10.2. The second-order valence-corrected chi connectivity index (χ2v) is 4.92. The number of H-pyrrole nitrogens is 2. The standard InChI is InChI=1S/C14H14N6OS/c1-20(17-7-9-3-5-10(21-2)6-4-9)13-11-12(16-8-15-11)18-14(22)19-13/h3-8H,1-2H3,(H2,15,16,18,19,22)/b17-7+. The number of nitrogens with one attached hydrogen (secondary N) is 2. The highest BCUT2D eigenvalue weighted by atomic mass is 32.1. The maximum atomic E-state index is 5.13. The number of aromatic nitrogens is 4. The van der Waals surface area contributed by atoms with E-state index in [0.29, 0.717) is 16.2 Å². The average Bonchev–Trinajstić information content (AvgIpc) is 3.00. The molecule has 0 saturated heterocycles. The Hall–Kier alpha value is -2.74. The molecule has 0 fully saturated rings. The number of anilines is 1. The highest BCUT2D eigenvalue weighted by Gasteiger charge is 2.09. The van der Waals surface area contributed by atoms with Gasteiger partial charge in [0, 0.05) is 7.05 Å². The van der Waals surface area contributed by atoms with Crippen molar-refractivity contribution >= 4 is 35.4 Å². The summed E-state index contributed by atoms with van der Waals surface area (Å²) in [5.41, 5.74) is 2.36. The van der Waals surface area contributed by atoms with Gasteiger partial charge in [-0.2, -0.15) is 10.1 Å². The van der Waals surface area contributed by atoms with E-state index in [1.165, 1.54) is 0 Å². The summed E-state index contributed by atoms with van der Waals surface area (Å²) in [5, 5.41) is 6.04. The van der Waals surface area contributed by atoms with Crippen molar-refractivity contribution in [2.45, 2.75) is 0 Å². The van der Waals surface area contributed by atoms with Crippen molar-refractivity contribution in [1.29, 1.82) is 0 Å². The first-order valence-corrected chi connectivity index (χ1v) is 6.93. The molecule has 2 N–H and O–H groups in total. The SMILES string of the molecule is COc1ccc(/C=N/N(C)c2nc(=S)[nH]c3nc[nH]c23)cc1. The van der Waals surface area contributed by atoms with Crippen LogP contribution in [-0.4, -0.2) is 40.3 Å². The molecule has 0 radical (unpaired) electrons. The van der Waals surface area contributed by atoms with Crippen LogP contribution >= 0.6 is 12.2 Å². The number of fused-ring (bicyclic) bond motifs is 1. The lowest BCUT2D eigenvalue weighted by molar-refractivity contribution is 0.415. The molecule has 8 heteroatoms. The van der Waals surface area contributed by atoms with Gasteiger partial charge < -0.3 is 14.7 Å². The quantitative estimate of drug-likeness (QED) is 0.439. The molecule has 112 valence electrons. The monoisotopic (exact) mass is 314 g/mol. The van der Waals surface area contributed by atoms with Gasteiger partial charge in [-0.1, -0.05) is 0 Å². The second-order valence-electron chi connectivity index (χ2n) is 4.53. The summed E-state index contributed by atoms with van der Waals surface area (Å²) in [4.78, 5) is 14.4. The third kappa shape index (κ3) is 2.82. The molecule has 0 unspecified atom stereocenters. The number of imidazole rings is 1. The van der Waals surface area contributed by atoms with Crippen molar-refractivity contribution in [2.75, 3.05) is 19.2 Å². The lowest BCUT2D eigenvalue weighted by Gasteiger charge is -2.12. The van der Waals surface area contributed by atoms with Crippen molar-refractivity contribution < 1.29 is 4.74 Å². The van der Waals surface area contributed by atoms with Crippen LogP contribution in [0.3, 0.4) is 0 Å². The predicted molar refractivity (Wildman–Crippen MR) is 88.1 cm³/mol. The van der Waals surface area contributed by atoms with Gasteiger partial charge in [0.2, 0.25) is 4.77 Å². The molecule has 22 heavy (non-hydrogen) atoms. The molecule has 0 atom stereocenters. The molecule has 3 rings (SSSR count).